The van der Waals surface area contributed by atoms with E-state index >= 15 is 0 Å². The van der Waals surface area contributed by atoms with Crippen molar-refractivity contribution in [3.05, 3.63) is 64.1 Å². The number of rotatable bonds is 6. The van der Waals surface area contributed by atoms with E-state index in [0.717, 1.165) is 35.1 Å². The molecule has 0 aliphatic heterocycles. The summed E-state index contributed by atoms with van der Waals surface area (Å²) >= 11 is 3.44. The van der Waals surface area contributed by atoms with Gasteiger partial charge in [0.2, 0.25) is 0 Å². The molecule has 0 saturated carbocycles. The van der Waals surface area contributed by atoms with Gasteiger partial charge in [0, 0.05) is 17.4 Å². The lowest BCUT2D eigenvalue weighted by Crippen LogP contribution is -2.18. The fraction of sp³-hybridized carbons (Fsp3) is 0.333. The van der Waals surface area contributed by atoms with Gasteiger partial charge in [-0.2, -0.15) is 13.2 Å². The second kappa shape index (κ2) is 8.03. The first-order valence-electron chi connectivity index (χ1n) is 7.50. The molecule has 2 aromatic rings. The second-order valence-electron chi connectivity index (χ2n) is 5.78. The Bertz CT molecular complexity index is 656. The summed E-state index contributed by atoms with van der Waals surface area (Å²) in [6.07, 6.45) is -3.85. The van der Waals surface area contributed by atoms with Crippen LogP contribution in [0.4, 0.5) is 13.2 Å². The second-order valence-corrected chi connectivity index (χ2v) is 6.69. The van der Waals surface area contributed by atoms with Crippen LogP contribution in [0.5, 0.6) is 5.75 Å². The Labute approximate surface area is 148 Å². The smallest absolute Gasteiger partial charge is 0.416 e. The minimum absolute atomic E-state index is 0.235. The van der Waals surface area contributed by atoms with Gasteiger partial charge in [-0.3, -0.25) is 0 Å². The van der Waals surface area contributed by atoms with E-state index in [1.54, 1.807) is 0 Å². The number of hydrogen-bond donors (Lipinski definition) is 0. The van der Waals surface area contributed by atoms with Gasteiger partial charge >= 0.3 is 6.18 Å². The van der Waals surface area contributed by atoms with Crippen molar-refractivity contribution in [3.8, 4) is 5.75 Å². The Kier molecular flexibility index (Phi) is 6.29. The van der Waals surface area contributed by atoms with Crippen LogP contribution in [0.25, 0.3) is 0 Å². The molecule has 0 saturated heterocycles. The summed E-state index contributed by atoms with van der Waals surface area (Å²) in [5.74, 6) is 0.423. The monoisotopic (exact) mass is 401 g/mol. The van der Waals surface area contributed by atoms with Crippen LogP contribution in [-0.2, 0) is 6.18 Å². The van der Waals surface area contributed by atoms with Gasteiger partial charge in [-0.05, 0) is 56.1 Å². The standard InChI is InChI=1S/C18H19BrF3NO/c1-23(2)11-10-17(13-4-3-5-15(19)12-13)24-16-8-6-14(7-9-16)18(20,21)22/h3-9,12,17H,10-11H2,1-2H3. The molecule has 0 aliphatic carbocycles. The van der Waals surface area contributed by atoms with Crippen molar-refractivity contribution in [1.82, 2.24) is 4.90 Å². The van der Waals surface area contributed by atoms with E-state index in [1.807, 2.05) is 43.3 Å². The van der Waals surface area contributed by atoms with Crippen molar-refractivity contribution in [2.75, 3.05) is 20.6 Å². The zero-order valence-corrected chi connectivity index (χ0v) is 15.1. The molecule has 0 bridgehead atoms. The highest BCUT2D eigenvalue weighted by molar-refractivity contribution is 9.10. The maximum atomic E-state index is 12.6. The molecule has 130 valence electrons. The number of hydrogen-bond acceptors (Lipinski definition) is 2. The van der Waals surface area contributed by atoms with Crippen LogP contribution in [-0.4, -0.2) is 25.5 Å². The van der Waals surface area contributed by atoms with Crippen molar-refractivity contribution < 1.29 is 17.9 Å². The maximum absolute atomic E-state index is 12.6. The van der Waals surface area contributed by atoms with Crippen LogP contribution >= 0.6 is 15.9 Å². The molecule has 2 nitrogen and oxygen atoms in total. The van der Waals surface area contributed by atoms with E-state index in [2.05, 4.69) is 15.9 Å². The number of halogens is 4. The first-order chi connectivity index (χ1) is 11.3. The summed E-state index contributed by atoms with van der Waals surface area (Å²) < 4.78 is 44.8. The molecular formula is C18H19BrF3NO. The van der Waals surface area contributed by atoms with E-state index in [1.165, 1.54) is 12.1 Å². The molecule has 0 spiro atoms. The molecule has 0 heterocycles. The summed E-state index contributed by atoms with van der Waals surface area (Å²) in [6, 6.07) is 12.6. The third-order valence-corrected chi connectivity index (χ3v) is 4.01. The molecule has 0 aliphatic rings. The van der Waals surface area contributed by atoms with Crippen molar-refractivity contribution in [2.45, 2.75) is 18.7 Å². The molecule has 0 fully saturated rings. The van der Waals surface area contributed by atoms with Gasteiger partial charge in [-0.1, -0.05) is 28.1 Å². The first-order valence-corrected chi connectivity index (χ1v) is 8.29. The lowest BCUT2D eigenvalue weighted by molar-refractivity contribution is -0.137. The summed E-state index contributed by atoms with van der Waals surface area (Å²) in [5.41, 5.74) is 0.299. The zero-order chi connectivity index (χ0) is 17.7. The average molecular weight is 402 g/mol. The summed E-state index contributed by atoms with van der Waals surface area (Å²) in [6.45, 7) is 0.803. The summed E-state index contributed by atoms with van der Waals surface area (Å²) in [4.78, 5) is 2.04. The molecule has 24 heavy (non-hydrogen) atoms. The third kappa shape index (κ3) is 5.53. The van der Waals surface area contributed by atoms with E-state index in [4.69, 9.17) is 4.74 Å². The molecule has 0 aromatic heterocycles. The Morgan fingerprint density at radius 1 is 1.08 bits per heavy atom. The van der Waals surface area contributed by atoms with E-state index < -0.39 is 11.7 Å². The predicted octanol–water partition coefficient (Wildman–Crippen LogP) is 5.54. The molecule has 0 N–H and O–H groups in total. The van der Waals surface area contributed by atoms with Gasteiger partial charge in [0.15, 0.2) is 0 Å². The number of nitrogens with zero attached hydrogens (tertiary/aromatic N) is 1. The van der Waals surface area contributed by atoms with E-state index in [-0.39, 0.29) is 6.10 Å². The molecule has 6 heteroatoms. The van der Waals surface area contributed by atoms with Crippen LogP contribution in [0.1, 0.15) is 23.7 Å². The van der Waals surface area contributed by atoms with Crippen LogP contribution in [0, 0.1) is 0 Å². The average Bonchev–Trinajstić information content (AvgIpc) is 2.51. The Morgan fingerprint density at radius 2 is 1.75 bits per heavy atom. The largest absolute Gasteiger partial charge is 0.486 e. The van der Waals surface area contributed by atoms with Crippen molar-refractivity contribution in [2.24, 2.45) is 0 Å². The zero-order valence-electron chi connectivity index (χ0n) is 13.5. The molecule has 1 unspecified atom stereocenters. The first kappa shape index (κ1) is 18.8. The minimum atomic E-state index is -4.34. The Morgan fingerprint density at radius 3 is 2.29 bits per heavy atom. The van der Waals surface area contributed by atoms with Gasteiger partial charge in [-0.25, -0.2) is 0 Å². The number of ether oxygens (including phenoxy) is 1. The van der Waals surface area contributed by atoms with Crippen molar-refractivity contribution in [3.63, 3.8) is 0 Å². The van der Waals surface area contributed by atoms with Crippen LogP contribution in [0.2, 0.25) is 0 Å². The Hall–Kier alpha value is -1.53. The number of benzene rings is 2. The van der Waals surface area contributed by atoms with Gasteiger partial charge < -0.3 is 9.64 Å². The van der Waals surface area contributed by atoms with Gasteiger partial charge in [0.1, 0.15) is 11.9 Å². The lowest BCUT2D eigenvalue weighted by atomic mass is 10.1. The third-order valence-electron chi connectivity index (χ3n) is 3.52. The molecule has 1 atom stereocenters. The molecule has 2 rings (SSSR count). The Balaban J connectivity index is 2.18. The molecule has 2 aromatic carbocycles. The summed E-state index contributed by atoms with van der Waals surface area (Å²) in [5, 5.41) is 0. The van der Waals surface area contributed by atoms with Crippen molar-refractivity contribution in [1.29, 1.82) is 0 Å². The molecular weight excluding hydrogens is 383 g/mol. The van der Waals surface area contributed by atoms with Gasteiger partial charge in [0.05, 0.1) is 5.56 Å². The topological polar surface area (TPSA) is 12.5 Å². The normalized spacial score (nSPS) is 13.1. The number of alkyl halides is 3. The quantitative estimate of drug-likeness (QED) is 0.629. The van der Waals surface area contributed by atoms with Crippen LogP contribution in [0.3, 0.4) is 0 Å². The van der Waals surface area contributed by atoms with E-state index in [9.17, 15) is 13.2 Å². The highest BCUT2D eigenvalue weighted by atomic mass is 79.9. The highest BCUT2D eigenvalue weighted by Crippen LogP contribution is 2.32. The highest BCUT2D eigenvalue weighted by Gasteiger charge is 2.30. The van der Waals surface area contributed by atoms with Crippen molar-refractivity contribution >= 4 is 15.9 Å². The fourth-order valence-corrected chi connectivity index (χ4v) is 2.68. The fourth-order valence-electron chi connectivity index (χ4n) is 2.26. The van der Waals surface area contributed by atoms with Crippen LogP contribution in [0.15, 0.2) is 53.0 Å². The van der Waals surface area contributed by atoms with Gasteiger partial charge in [0.25, 0.3) is 0 Å². The SMILES string of the molecule is CN(C)CCC(Oc1ccc(C(F)(F)F)cc1)c1cccc(Br)c1. The van der Waals surface area contributed by atoms with E-state index in [0.29, 0.717) is 5.75 Å². The van der Waals surface area contributed by atoms with Crippen LogP contribution < -0.4 is 4.74 Å². The minimum Gasteiger partial charge on any atom is -0.486 e. The molecule has 0 amide bonds. The lowest BCUT2D eigenvalue weighted by Gasteiger charge is -2.22. The van der Waals surface area contributed by atoms with Gasteiger partial charge in [-0.15, -0.1) is 0 Å². The molecule has 0 radical (unpaired) electrons. The maximum Gasteiger partial charge on any atom is 0.416 e. The summed E-state index contributed by atoms with van der Waals surface area (Å²) in [7, 11) is 3.94. The predicted molar refractivity (Wildman–Crippen MR) is 92.1 cm³/mol.